The van der Waals surface area contributed by atoms with Gasteiger partial charge in [-0.15, -0.1) is 0 Å². The zero-order chi connectivity index (χ0) is 15.0. The first-order valence-electron chi connectivity index (χ1n) is 6.60. The Kier molecular flexibility index (Phi) is 3.66. The zero-order valence-corrected chi connectivity index (χ0v) is 12.6. The van der Waals surface area contributed by atoms with Crippen molar-refractivity contribution in [2.75, 3.05) is 14.1 Å². The molecule has 3 aromatic rings. The molecule has 0 saturated heterocycles. The predicted molar refractivity (Wildman–Crippen MR) is 83.0 cm³/mol. The van der Waals surface area contributed by atoms with Crippen molar-refractivity contribution in [1.82, 2.24) is 14.3 Å². The molecule has 0 bridgehead atoms. The number of fused-ring (bicyclic) bond motifs is 1. The monoisotopic (exact) mass is 303 g/mol. The number of benzene rings is 1. The summed E-state index contributed by atoms with van der Waals surface area (Å²) < 4.78 is 15.7. The van der Waals surface area contributed by atoms with Crippen LogP contribution in [0.2, 0.25) is 5.02 Å². The third-order valence-corrected chi connectivity index (χ3v) is 3.52. The fourth-order valence-corrected chi connectivity index (χ4v) is 2.55. The largest absolute Gasteiger partial charge is 0.305 e. The number of imidazole rings is 1. The van der Waals surface area contributed by atoms with Gasteiger partial charge in [0.2, 0.25) is 0 Å². The minimum absolute atomic E-state index is 0.195. The number of hydrogen-bond donors (Lipinski definition) is 0. The molecule has 21 heavy (non-hydrogen) atoms. The highest BCUT2D eigenvalue weighted by Crippen LogP contribution is 2.26. The van der Waals surface area contributed by atoms with E-state index < -0.39 is 0 Å². The summed E-state index contributed by atoms with van der Waals surface area (Å²) in [6.45, 7) is 0.553. The van der Waals surface area contributed by atoms with Gasteiger partial charge in [0.1, 0.15) is 5.82 Å². The summed E-state index contributed by atoms with van der Waals surface area (Å²) >= 11 is 5.97. The summed E-state index contributed by atoms with van der Waals surface area (Å²) in [6, 6.07) is 8.85. The third kappa shape index (κ3) is 2.77. The second-order valence-electron chi connectivity index (χ2n) is 5.28. The van der Waals surface area contributed by atoms with Crippen LogP contribution in [0.5, 0.6) is 0 Å². The minimum atomic E-state index is -0.195. The van der Waals surface area contributed by atoms with Crippen LogP contribution in [0.3, 0.4) is 0 Å². The molecule has 3 rings (SSSR count). The molecule has 1 aromatic carbocycles. The molecule has 0 spiro atoms. The number of nitrogens with zero attached hydrogens (tertiary/aromatic N) is 3. The normalized spacial score (nSPS) is 11.5. The maximum Gasteiger partial charge on any atom is 0.127 e. The van der Waals surface area contributed by atoms with Crippen molar-refractivity contribution >= 4 is 17.1 Å². The number of halogens is 2. The van der Waals surface area contributed by atoms with Crippen LogP contribution in [0.4, 0.5) is 4.39 Å². The first kappa shape index (κ1) is 14.0. The van der Waals surface area contributed by atoms with Crippen molar-refractivity contribution in [3.05, 3.63) is 59.3 Å². The Morgan fingerprint density at radius 2 is 2.05 bits per heavy atom. The maximum absolute atomic E-state index is 13.9. The Hall–Kier alpha value is -1.91. The topological polar surface area (TPSA) is 20.5 Å². The smallest absolute Gasteiger partial charge is 0.127 e. The van der Waals surface area contributed by atoms with Crippen molar-refractivity contribution in [1.29, 1.82) is 0 Å². The van der Waals surface area contributed by atoms with E-state index in [1.807, 2.05) is 41.6 Å². The summed E-state index contributed by atoms with van der Waals surface area (Å²) in [7, 11) is 3.83. The quantitative estimate of drug-likeness (QED) is 0.732. The molecule has 0 saturated carbocycles. The molecule has 5 heteroatoms. The summed E-state index contributed by atoms with van der Waals surface area (Å²) in [4.78, 5) is 6.36. The molecule has 0 radical (unpaired) electrons. The van der Waals surface area contributed by atoms with Crippen LogP contribution in [-0.2, 0) is 6.54 Å². The van der Waals surface area contributed by atoms with Crippen molar-refractivity contribution in [2.45, 2.75) is 6.54 Å². The van der Waals surface area contributed by atoms with Gasteiger partial charge in [0.05, 0.1) is 22.6 Å². The van der Waals surface area contributed by atoms with Crippen molar-refractivity contribution in [2.24, 2.45) is 0 Å². The lowest BCUT2D eigenvalue weighted by Gasteiger charge is -2.11. The fraction of sp³-hybridized carbons (Fsp3) is 0.188. The van der Waals surface area contributed by atoms with Gasteiger partial charge in [0.25, 0.3) is 0 Å². The molecular formula is C16H15ClFN3. The average Bonchev–Trinajstić information content (AvgIpc) is 2.83. The molecule has 0 N–H and O–H groups in total. The van der Waals surface area contributed by atoms with Gasteiger partial charge in [0.15, 0.2) is 0 Å². The predicted octanol–water partition coefficient (Wildman–Crippen LogP) is 3.86. The standard InChI is InChI=1S/C16H15ClFN3/c1-20(2)8-12-7-11(3-5-14(12)18)16-15-6-4-13(17)9-21(15)10-19-16/h3-7,9-10H,8H2,1-2H3. The molecule has 2 aromatic heterocycles. The van der Waals surface area contributed by atoms with Gasteiger partial charge in [-0.25, -0.2) is 9.37 Å². The second-order valence-corrected chi connectivity index (χ2v) is 5.71. The van der Waals surface area contributed by atoms with Gasteiger partial charge >= 0.3 is 0 Å². The molecule has 0 atom stereocenters. The molecule has 0 amide bonds. The van der Waals surface area contributed by atoms with Crippen LogP contribution in [0, 0.1) is 5.82 Å². The van der Waals surface area contributed by atoms with E-state index in [-0.39, 0.29) is 5.82 Å². The van der Waals surface area contributed by atoms with E-state index in [0.29, 0.717) is 17.1 Å². The van der Waals surface area contributed by atoms with E-state index >= 15 is 0 Å². The lowest BCUT2D eigenvalue weighted by molar-refractivity contribution is 0.392. The Balaban J connectivity index is 2.10. The molecule has 3 nitrogen and oxygen atoms in total. The zero-order valence-electron chi connectivity index (χ0n) is 11.8. The van der Waals surface area contributed by atoms with E-state index in [1.165, 1.54) is 6.07 Å². The molecule has 0 aliphatic carbocycles. The minimum Gasteiger partial charge on any atom is -0.305 e. The highest BCUT2D eigenvalue weighted by Gasteiger charge is 2.11. The van der Waals surface area contributed by atoms with Gasteiger partial charge in [-0.2, -0.15) is 0 Å². The molecule has 0 aliphatic rings. The SMILES string of the molecule is CN(C)Cc1cc(-c2ncn3cc(Cl)ccc23)ccc1F. The molecule has 0 fully saturated rings. The Bertz CT molecular complexity index is 795. The van der Waals surface area contributed by atoms with Crippen LogP contribution in [0.25, 0.3) is 16.8 Å². The Morgan fingerprint density at radius 1 is 1.24 bits per heavy atom. The Labute approximate surface area is 127 Å². The molecule has 0 aliphatic heterocycles. The maximum atomic E-state index is 13.9. The van der Waals surface area contributed by atoms with Crippen LogP contribution in [0.15, 0.2) is 42.9 Å². The lowest BCUT2D eigenvalue weighted by atomic mass is 10.1. The number of hydrogen-bond acceptors (Lipinski definition) is 2. The van der Waals surface area contributed by atoms with E-state index in [1.54, 1.807) is 18.6 Å². The van der Waals surface area contributed by atoms with Gasteiger partial charge < -0.3 is 9.30 Å². The van der Waals surface area contributed by atoms with E-state index in [2.05, 4.69) is 4.98 Å². The van der Waals surface area contributed by atoms with Crippen LogP contribution < -0.4 is 0 Å². The van der Waals surface area contributed by atoms with Gasteiger partial charge in [-0.1, -0.05) is 11.6 Å². The second kappa shape index (κ2) is 5.47. The summed E-state index contributed by atoms with van der Waals surface area (Å²) in [5.41, 5.74) is 3.33. The van der Waals surface area contributed by atoms with E-state index in [4.69, 9.17) is 11.6 Å². The van der Waals surface area contributed by atoms with Crippen LogP contribution >= 0.6 is 11.6 Å². The van der Waals surface area contributed by atoms with Gasteiger partial charge in [0, 0.05) is 23.9 Å². The van der Waals surface area contributed by atoms with Crippen LogP contribution in [-0.4, -0.2) is 28.4 Å². The van der Waals surface area contributed by atoms with Gasteiger partial charge in [-0.3, -0.25) is 0 Å². The van der Waals surface area contributed by atoms with Crippen LogP contribution in [0.1, 0.15) is 5.56 Å². The number of pyridine rings is 1. The van der Waals surface area contributed by atoms with Crippen molar-refractivity contribution in [3.8, 4) is 11.3 Å². The number of aromatic nitrogens is 2. The van der Waals surface area contributed by atoms with Crippen molar-refractivity contribution in [3.63, 3.8) is 0 Å². The lowest BCUT2D eigenvalue weighted by Crippen LogP contribution is -2.12. The molecule has 108 valence electrons. The molecule has 0 unspecified atom stereocenters. The summed E-state index contributed by atoms with van der Waals surface area (Å²) in [6.07, 6.45) is 3.52. The molecule has 2 heterocycles. The van der Waals surface area contributed by atoms with E-state index in [0.717, 1.165) is 16.8 Å². The number of rotatable bonds is 3. The Morgan fingerprint density at radius 3 is 2.81 bits per heavy atom. The van der Waals surface area contributed by atoms with E-state index in [9.17, 15) is 4.39 Å². The highest BCUT2D eigenvalue weighted by molar-refractivity contribution is 6.30. The fourth-order valence-electron chi connectivity index (χ4n) is 2.38. The highest BCUT2D eigenvalue weighted by atomic mass is 35.5. The summed E-state index contributed by atoms with van der Waals surface area (Å²) in [5, 5.41) is 0.652. The third-order valence-electron chi connectivity index (χ3n) is 3.30. The first-order chi connectivity index (χ1) is 10.0. The summed E-state index contributed by atoms with van der Waals surface area (Å²) in [5.74, 6) is -0.195. The molecular weight excluding hydrogens is 289 g/mol. The van der Waals surface area contributed by atoms with Gasteiger partial charge in [-0.05, 0) is 44.4 Å². The average molecular weight is 304 g/mol. The first-order valence-corrected chi connectivity index (χ1v) is 6.98. The van der Waals surface area contributed by atoms with Crippen molar-refractivity contribution < 1.29 is 4.39 Å².